The molecule has 1 amide bonds. The van der Waals surface area contributed by atoms with Crippen molar-refractivity contribution in [1.29, 1.82) is 0 Å². The van der Waals surface area contributed by atoms with Crippen molar-refractivity contribution in [2.45, 2.75) is 12.6 Å². The van der Waals surface area contributed by atoms with E-state index in [1.54, 1.807) is 18.2 Å². The fourth-order valence-corrected chi connectivity index (χ4v) is 3.92. The summed E-state index contributed by atoms with van der Waals surface area (Å²) in [5.41, 5.74) is 1.47. The third kappa shape index (κ3) is 4.07. The third-order valence-corrected chi connectivity index (χ3v) is 5.85. The molecule has 156 valence electrons. The van der Waals surface area contributed by atoms with Gasteiger partial charge in [-0.15, -0.1) is 0 Å². The van der Waals surface area contributed by atoms with Gasteiger partial charge < -0.3 is 10.0 Å². The lowest BCUT2D eigenvalue weighted by Crippen LogP contribution is -2.29. The van der Waals surface area contributed by atoms with Crippen LogP contribution in [0.2, 0.25) is 10.0 Å². The summed E-state index contributed by atoms with van der Waals surface area (Å²) < 4.78 is 13.3. The molecule has 3 aromatic rings. The number of aliphatic hydroxyl groups is 1. The van der Waals surface area contributed by atoms with Crippen molar-refractivity contribution in [2.24, 2.45) is 0 Å². The van der Waals surface area contributed by atoms with Crippen molar-refractivity contribution in [3.05, 3.63) is 111 Å². The Morgan fingerprint density at radius 2 is 1.61 bits per heavy atom. The van der Waals surface area contributed by atoms with Crippen molar-refractivity contribution < 1.29 is 19.1 Å². The lowest BCUT2D eigenvalue weighted by Gasteiger charge is -2.25. The monoisotopic (exact) mass is 455 g/mol. The number of carbonyl (C=O) groups excluding carboxylic acids is 2. The second kappa shape index (κ2) is 8.53. The van der Waals surface area contributed by atoms with Crippen molar-refractivity contribution in [1.82, 2.24) is 4.90 Å². The number of nitrogens with zero attached hydrogens (tertiary/aromatic N) is 1. The standard InChI is InChI=1S/C24H16Cl2FNO3/c25-18-11-8-16(12-19(18)26)21-20(22(29)15-6-9-17(27)10-7-15)23(30)24(31)28(21)13-14-4-2-1-3-5-14/h1-12,21,29H,13H2/b22-20+. The molecule has 4 rings (SSSR count). The molecule has 0 radical (unpaired) electrons. The first-order valence-electron chi connectivity index (χ1n) is 9.40. The molecule has 31 heavy (non-hydrogen) atoms. The number of aliphatic hydroxyl groups excluding tert-OH is 1. The molecule has 1 N–H and O–H groups in total. The number of carbonyl (C=O) groups is 2. The Kier molecular flexibility index (Phi) is 5.81. The lowest BCUT2D eigenvalue weighted by molar-refractivity contribution is -0.140. The van der Waals surface area contributed by atoms with Gasteiger partial charge in [-0.1, -0.05) is 59.6 Å². The minimum Gasteiger partial charge on any atom is -0.507 e. The van der Waals surface area contributed by atoms with Crippen molar-refractivity contribution in [2.75, 3.05) is 0 Å². The van der Waals surface area contributed by atoms with Crippen LogP contribution in [0.5, 0.6) is 0 Å². The van der Waals surface area contributed by atoms with Crippen LogP contribution in [0.1, 0.15) is 22.7 Å². The summed E-state index contributed by atoms with van der Waals surface area (Å²) >= 11 is 12.2. The minimum absolute atomic E-state index is 0.0917. The average Bonchev–Trinajstić information content (AvgIpc) is 3.01. The number of hydrogen-bond donors (Lipinski definition) is 1. The molecular weight excluding hydrogens is 440 g/mol. The molecule has 1 heterocycles. The number of hydrogen-bond acceptors (Lipinski definition) is 3. The summed E-state index contributed by atoms with van der Waals surface area (Å²) in [5.74, 6) is -2.44. The van der Waals surface area contributed by atoms with E-state index < -0.39 is 23.5 Å². The Labute approximate surface area is 188 Å². The van der Waals surface area contributed by atoms with E-state index in [1.807, 2.05) is 30.3 Å². The van der Waals surface area contributed by atoms with E-state index in [1.165, 1.54) is 29.2 Å². The van der Waals surface area contributed by atoms with Gasteiger partial charge in [-0.2, -0.15) is 0 Å². The van der Waals surface area contributed by atoms with Crippen LogP contribution in [-0.2, 0) is 16.1 Å². The van der Waals surface area contributed by atoms with Crippen LogP contribution in [0.4, 0.5) is 4.39 Å². The molecular formula is C24H16Cl2FNO3. The Morgan fingerprint density at radius 1 is 0.935 bits per heavy atom. The maximum Gasteiger partial charge on any atom is 0.295 e. The van der Waals surface area contributed by atoms with E-state index in [0.29, 0.717) is 10.6 Å². The fourth-order valence-electron chi connectivity index (χ4n) is 3.62. The third-order valence-electron chi connectivity index (χ3n) is 5.11. The van der Waals surface area contributed by atoms with Crippen LogP contribution in [0, 0.1) is 5.82 Å². The summed E-state index contributed by atoms with van der Waals surface area (Å²) in [6.45, 7) is 0.149. The van der Waals surface area contributed by atoms with Gasteiger partial charge in [0.2, 0.25) is 0 Å². The van der Waals surface area contributed by atoms with E-state index in [4.69, 9.17) is 23.2 Å². The lowest BCUT2D eigenvalue weighted by atomic mass is 9.95. The first kappa shape index (κ1) is 21.1. The number of likely N-dealkylation sites (tertiary alicyclic amines) is 1. The normalized spacial score (nSPS) is 17.9. The van der Waals surface area contributed by atoms with Crippen molar-refractivity contribution in [3.63, 3.8) is 0 Å². The SMILES string of the molecule is O=C1C(=O)N(Cc2ccccc2)C(c2ccc(Cl)c(Cl)c2)/C1=C(\O)c1ccc(F)cc1. The summed E-state index contributed by atoms with van der Waals surface area (Å²) in [6, 6.07) is 18.1. The summed E-state index contributed by atoms with van der Waals surface area (Å²) in [5, 5.41) is 11.5. The van der Waals surface area contributed by atoms with Gasteiger partial charge in [0.25, 0.3) is 11.7 Å². The van der Waals surface area contributed by atoms with Crippen LogP contribution < -0.4 is 0 Å². The van der Waals surface area contributed by atoms with E-state index in [-0.39, 0.29) is 28.5 Å². The molecule has 1 unspecified atom stereocenters. The van der Waals surface area contributed by atoms with Gasteiger partial charge in [0.05, 0.1) is 21.7 Å². The molecule has 0 spiro atoms. The molecule has 1 aliphatic heterocycles. The Hall–Kier alpha value is -3.15. The number of benzene rings is 3. The average molecular weight is 456 g/mol. The molecule has 3 aromatic carbocycles. The van der Waals surface area contributed by atoms with E-state index in [2.05, 4.69) is 0 Å². The Balaban J connectivity index is 1.88. The van der Waals surface area contributed by atoms with Gasteiger partial charge in [0, 0.05) is 12.1 Å². The zero-order chi connectivity index (χ0) is 22.1. The summed E-state index contributed by atoms with van der Waals surface area (Å²) in [7, 11) is 0. The highest BCUT2D eigenvalue weighted by Crippen LogP contribution is 2.41. The highest BCUT2D eigenvalue weighted by atomic mass is 35.5. The highest BCUT2D eigenvalue weighted by molar-refractivity contribution is 6.46. The predicted octanol–water partition coefficient (Wildman–Crippen LogP) is 5.75. The van der Waals surface area contributed by atoms with Gasteiger partial charge in [-0.3, -0.25) is 9.59 Å². The van der Waals surface area contributed by atoms with Crippen LogP contribution in [-0.4, -0.2) is 21.7 Å². The molecule has 0 bridgehead atoms. The first-order valence-corrected chi connectivity index (χ1v) is 10.2. The second-order valence-corrected chi connectivity index (χ2v) is 7.91. The molecule has 1 fully saturated rings. The molecule has 1 saturated heterocycles. The molecule has 1 atom stereocenters. The van der Waals surface area contributed by atoms with Gasteiger partial charge >= 0.3 is 0 Å². The molecule has 1 aliphatic rings. The zero-order valence-corrected chi connectivity index (χ0v) is 17.6. The van der Waals surface area contributed by atoms with Gasteiger partial charge in [0.1, 0.15) is 11.6 Å². The molecule has 7 heteroatoms. The zero-order valence-electron chi connectivity index (χ0n) is 16.1. The maximum absolute atomic E-state index is 13.3. The number of ketones is 1. The van der Waals surface area contributed by atoms with Gasteiger partial charge in [-0.25, -0.2) is 4.39 Å². The topological polar surface area (TPSA) is 57.6 Å². The number of rotatable bonds is 4. The van der Waals surface area contributed by atoms with Crippen molar-refractivity contribution in [3.8, 4) is 0 Å². The summed E-state index contributed by atoms with van der Waals surface area (Å²) in [4.78, 5) is 27.3. The van der Waals surface area contributed by atoms with Crippen LogP contribution in [0.3, 0.4) is 0 Å². The largest absolute Gasteiger partial charge is 0.507 e. The molecule has 0 aromatic heterocycles. The molecule has 4 nitrogen and oxygen atoms in total. The number of halogens is 3. The smallest absolute Gasteiger partial charge is 0.295 e. The quantitative estimate of drug-likeness (QED) is 0.309. The highest BCUT2D eigenvalue weighted by Gasteiger charge is 2.46. The van der Waals surface area contributed by atoms with E-state index >= 15 is 0 Å². The Bertz CT molecular complexity index is 1190. The van der Waals surface area contributed by atoms with E-state index in [9.17, 15) is 19.1 Å². The maximum atomic E-state index is 13.3. The van der Waals surface area contributed by atoms with Crippen LogP contribution >= 0.6 is 23.2 Å². The van der Waals surface area contributed by atoms with Gasteiger partial charge in [0.15, 0.2) is 0 Å². The van der Waals surface area contributed by atoms with Crippen molar-refractivity contribution >= 4 is 40.7 Å². The van der Waals surface area contributed by atoms with Gasteiger partial charge in [-0.05, 0) is 47.5 Å². The minimum atomic E-state index is -0.889. The van der Waals surface area contributed by atoms with E-state index in [0.717, 1.165) is 5.56 Å². The second-order valence-electron chi connectivity index (χ2n) is 7.09. The Morgan fingerprint density at radius 3 is 2.26 bits per heavy atom. The van der Waals surface area contributed by atoms with Crippen LogP contribution in [0.15, 0.2) is 78.4 Å². The number of amides is 1. The molecule has 0 aliphatic carbocycles. The van der Waals surface area contributed by atoms with Crippen LogP contribution in [0.25, 0.3) is 5.76 Å². The first-order chi connectivity index (χ1) is 14.9. The number of Topliss-reactive ketones (excluding diaryl/α,β-unsaturated/α-hetero) is 1. The summed E-state index contributed by atoms with van der Waals surface area (Å²) in [6.07, 6.45) is 0. The predicted molar refractivity (Wildman–Crippen MR) is 117 cm³/mol. The fraction of sp³-hybridized carbons (Fsp3) is 0.0833. The molecule has 0 saturated carbocycles.